The number of nitrogens with zero attached hydrogens (tertiary/aromatic N) is 1. The molecule has 0 saturated carbocycles. The summed E-state index contributed by atoms with van der Waals surface area (Å²) in [6.07, 6.45) is 4.30. The fourth-order valence-corrected chi connectivity index (χ4v) is 4.16. The lowest BCUT2D eigenvalue weighted by Gasteiger charge is -2.25. The van der Waals surface area contributed by atoms with Gasteiger partial charge in [-0.05, 0) is 30.2 Å². The molecule has 1 aliphatic rings. The average Bonchev–Trinajstić information content (AvgIpc) is 2.88. The van der Waals surface area contributed by atoms with Gasteiger partial charge in [0.2, 0.25) is 10.0 Å². The van der Waals surface area contributed by atoms with E-state index >= 15 is 0 Å². The van der Waals surface area contributed by atoms with E-state index in [9.17, 15) is 23.1 Å². The van der Waals surface area contributed by atoms with Crippen LogP contribution in [0.5, 0.6) is 0 Å². The molecule has 0 spiro atoms. The number of hydrogen-bond donors (Lipinski definition) is 4. The zero-order chi connectivity index (χ0) is 26.8. The number of carbonyl (C=O) groups excluding carboxylic acids is 2. The van der Waals surface area contributed by atoms with E-state index in [0.29, 0.717) is 19.5 Å². The van der Waals surface area contributed by atoms with Gasteiger partial charge in [-0.25, -0.2) is 8.42 Å². The topological polar surface area (TPSA) is 137 Å². The van der Waals surface area contributed by atoms with E-state index in [1.165, 1.54) is 25.2 Å². The Balaban J connectivity index is 1.84. The molecule has 0 unspecified atom stereocenters. The summed E-state index contributed by atoms with van der Waals surface area (Å²) >= 11 is 0. The van der Waals surface area contributed by atoms with Crippen molar-refractivity contribution < 1.29 is 27.9 Å². The van der Waals surface area contributed by atoms with E-state index in [2.05, 4.69) is 16.0 Å². The molecule has 2 aromatic carbocycles. The first-order valence-electron chi connectivity index (χ1n) is 12.0. The van der Waals surface area contributed by atoms with Gasteiger partial charge in [0.25, 0.3) is 11.8 Å². The monoisotopic (exact) mass is 530 g/mol. The average molecular weight is 531 g/mol. The summed E-state index contributed by atoms with van der Waals surface area (Å²) in [6, 6.07) is 13.2. The second-order valence-corrected chi connectivity index (χ2v) is 10.8. The first kappa shape index (κ1) is 28.3. The Bertz CT molecular complexity index is 1200. The lowest BCUT2D eigenvalue weighted by molar-refractivity contribution is 0.0516. The molecule has 0 radical (unpaired) electrons. The normalized spacial score (nSPS) is 19.1. The number of aliphatic hydroxyl groups excluding tert-OH is 1. The highest BCUT2D eigenvalue weighted by molar-refractivity contribution is 7.92. The Morgan fingerprint density at radius 3 is 2.51 bits per heavy atom. The summed E-state index contributed by atoms with van der Waals surface area (Å²) < 4.78 is 30.9. The third-order valence-electron chi connectivity index (χ3n) is 5.88. The van der Waals surface area contributed by atoms with Gasteiger partial charge in [0.15, 0.2) is 0 Å². The molecule has 1 aliphatic heterocycles. The Kier molecular flexibility index (Phi) is 10.2. The summed E-state index contributed by atoms with van der Waals surface area (Å²) in [6.45, 7) is 1.43. The van der Waals surface area contributed by atoms with Gasteiger partial charge >= 0.3 is 0 Å². The Labute approximate surface area is 217 Å². The Morgan fingerprint density at radius 1 is 1.11 bits per heavy atom. The number of anilines is 1. The fraction of sp³-hybridized carbons (Fsp3) is 0.385. The van der Waals surface area contributed by atoms with E-state index < -0.39 is 34.0 Å². The Hall–Kier alpha value is -3.25. The van der Waals surface area contributed by atoms with Gasteiger partial charge in [0.1, 0.15) is 0 Å². The van der Waals surface area contributed by atoms with Crippen molar-refractivity contribution in [3.05, 3.63) is 77.4 Å². The number of carbonyl (C=O) groups is 2. The molecule has 2 aromatic rings. The number of nitrogens with one attached hydrogen (secondary N) is 3. The van der Waals surface area contributed by atoms with Gasteiger partial charge in [-0.2, -0.15) is 0 Å². The van der Waals surface area contributed by atoms with E-state index in [1.54, 1.807) is 0 Å². The molecule has 2 atom stereocenters. The standard InChI is InChI=1S/C26H34N4O6S/c1-30(37(2,34)35)22-14-20-13-21(15-22)26(33)29-23(18-36-12-8-4-7-11-28-25(20)32)24(31)17-27-16-19-9-5-3-6-10-19/h3-6,8-10,13-15,23-24,27,31H,7,11-12,16-18H2,1-2H3,(H,28,32)(H,29,33)/b8-4+/t23-,24+/m0/s1. The maximum atomic E-state index is 13.2. The quantitative estimate of drug-likeness (QED) is 0.393. The van der Waals surface area contributed by atoms with Gasteiger partial charge in [0.05, 0.1) is 37.3 Å². The van der Waals surface area contributed by atoms with Crippen molar-refractivity contribution in [1.82, 2.24) is 16.0 Å². The number of aliphatic hydroxyl groups is 1. The van der Waals surface area contributed by atoms with Crippen molar-refractivity contribution in [3.8, 4) is 0 Å². The van der Waals surface area contributed by atoms with Gasteiger partial charge in [-0.3, -0.25) is 13.9 Å². The highest BCUT2D eigenvalue weighted by atomic mass is 32.2. The van der Waals surface area contributed by atoms with Crippen LogP contribution in [-0.2, 0) is 21.3 Å². The van der Waals surface area contributed by atoms with Crippen LogP contribution in [0.25, 0.3) is 0 Å². The first-order chi connectivity index (χ1) is 17.6. The molecule has 10 nitrogen and oxygen atoms in total. The van der Waals surface area contributed by atoms with Crippen molar-refractivity contribution >= 4 is 27.5 Å². The smallest absolute Gasteiger partial charge is 0.251 e. The fourth-order valence-electron chi connectivity index (χ4n) is 3.67. The number of fused-ring (bicyclic) bond motifs is 2. The van der Waals surface area contributed by atoms with Crippen LogP contribution < -0.4 is 20.3 Å². The number of rotatable bonds is 7. The first-order valence-corrected chi connectivity index (χ1v) is 13.8. The number of hydrogen-bond acceptors (Lipinski definition) is 7. The van der Waals surface area contributed by atoms with Crippen molar-refractivity contribution in [2.45, 2.75) is 25.1 Å². The molecule has 11 heteroatoms. The Morgan fingerprint density at radius 2 is 1.81 bits per heavy atom. The largest absolute Gasteiger partial charge is 0.390 e. The van der Waals surface area contributed by atoms with Crippen LogP contribution in [-0.4, -0.2) is 77.1 Å². The lowest BCUT2D eigenvalue weighted by atomic mass is 10.1. The minimum atomic E-state index is -3.64. The lowest BCUT2D eigenvalue weighted by Crippen LogP contribution is -2.50. The molecular weight excluding hydrogens is 496 g/mol. The SMILES string of the molecule is CN(c1cc2cc(c1)C(=O)N[C@H]([C@H](O)CNCc1ccccc1)COC/C=C/CCNC2=O)S(C)(=O)=O. The maximum absolute atomic E-state index is 13.2. The van der Waals surface area contributed by atoms with E-state index in [0.717, 1.165) is 16.1 Å². The summed E-state index contributed by atoms with van der Waals surface area (Å²) in [4.78, 5) is 26.0. The predicted octanol–water partition coefficient (Wildman–Crippen LogP) is 1.04. The zero-order valence-corrected chi connectivity index (χ0v) is 21.8. The highest BCUT2D eigenvalue weighted by Crippen LogP contribution is 2.21. The van der Waals surface area contributed by atoms with E-state index in [4.69, 9.17) is 4.74 Å². The van der Waals surface area contributed by atoms with Crippen molar-refractivity contribution in [1.29, 1.82) is 0 Å². The van der Waals surface area contributed by atoms with Gasteiger partial charge in [-0.1, -0.05) is 42.5 Å². The summed E-state index contributed by atoms with van der Waals surface area (Å²) in [5.74, 6) is -1.00. The maximum Gasteiger partial charge on any atom is 0.251 e. The molecule has 1 heterocycles. The molecule has 0 saturated heterocycles. The van der Waals surface area contributed by atoms with Crippen LogP contribution in [0.4, 0.5) is 5.69 Å². The van der Waals surface area contributed by atoms with Crippen LogP contribution in [0.15, 0.2) is 60.7 Å². The van der Waals surface area contributed by atoms with Crippen LogP contribution in [0.1, 0.15) is 32.7 Å². The van der Waals surface area contributed by atoms with Gasteiger partial charge in [0, 0.05) is 37.8 Å². The van der Waals surface area contributed by atoms with Crippen molar-refractivity contribution in [3.63, 3.8) is 0 Å². The summed E-state index contributed by atoms with van der Waals surface area (Å²) in [5.41, 5.74) is 1.46. The number of benzene rings is 2. The molecule has 37 heavy (non-hydrogen) atoms. The van der Waals surface area contributed by atoms with Crippen molar-refractivity contribution in [2.24, 2.45) is 0 Å². The molecule has 4 N–H and O–H groups in total. The molecule has 0 aliphatic carbocycles. The van der Waals surface area contributed by atoms with Crippen molar-refractivity contribution in [2.75, 3.05) is 43.9 Å². The van der Waals surface area contributed by atoms with E-state index in [1.807, 2.05) is 42.5 Å². The minimum Gasteiger partial charge on any atom is -0.390 e. The predicted molar refractivity (Wildman–Crippen MR) is 142 cm³/mol. The highest BCUT2D eigenvalue weighted by Gasteiger charge is 2.24. The molecule has 0 aromatic heterocycles. The van der Waals surface area contributed by atoms with Gasteiger partial charge < -0.3 is 25.8 Å². The molecule has 2 amide bonds. The van der Waals surface area contributed by atoms with Crippen LogP contribution in [0.3, 0.4) is 0 Å². The zero-order valence-electron chi connectivity index (χ0n) is 21.0. The summed E-state index contributed by atoms with van der Waals surface area (Å²) in [5, 5.41) is 19.6. The number of sulfonamides is 1. The number of amides is 2. The third kappa shape index (κ3) is 8.67. The molecule has 0 fully saturated rings. The summed E-state index contributed by atoms with van der Waals surface area (Å²) in [7, 11) is -2.29. The second-order valence-electron chi connectivity index (χ2n) is 8.82. The van der Waals surface area contributed by atoms with Crippen LogP contribution >= 0.6 is 0 Å². The number of ether oxygens (including phenoxy) is 1. The molecular formula is C26H34N4O6S. The second kappa shape index (κ2) is 13.3. The van der Waals surface area contributed by atoms with Crippen LogP contribution in [0.2, 0.25) is 0 Å². The minimum absolute atomic E-state index is 0.0528. The molecule has 200 valence electrons. The van der Waals surface area contributed by atoms with Crippen LogP contribution in [0, 0.1) is 0 Å². The molecule has 3 rings (SSSR count). The van der Waals surface area contributed by atoms with Gasteiger partial charge in [-0.15, -0.1) is 0 Å². The van der Waals surface area contributed by atoms with E-state index in [-0.39, 0.29) is 36.6 Å². The molecule has 2 bridgehead atoms. The third-order valence-corrected chi connectivity index (χ3v) is 7.09.